The minimum atomic E-state index is -0.150. The number of para-hydroxylation sites is 2. The Balaban J connectivity index is 1.18. The third-order valence-corrected chi connectivity index (χ3v) is 11.5. The van der Waals surface area contributed by atoms with Gasteiger partial charge < -0.3 is 13.7 Å². The maximum atomic E-state index is 6.50. The fourth-order valence-electron chi connectivity index (χ4n) is 8.88. The highest BCUT2D eigenvalue weighted by atomic mass is 16.3. The Morgan fingerprint density at radius 3 is 1.74 bits per heavy atom. The standard InChI is InChI=1S/C51H35NO2/c1-51(2)43-19-9-6-15-37(43)38-27-24-34(30-44(38)51)52(35-25-28-42-40-17-8-11-22-47(40)54-49(42)31-35)45-20-12-18-36(50(45)32-13-4-3-5-14-32)33-23-26-41-39-16-7-10-21-46(39)53-48(41)29-33/h3-31H,1-2H3. The lowest BCUT2D eigenvalue weighted by Crippen LogP contribution is -2.17. The monoisotopic (exact) mass is 693 g/mol. The van der Waals surface area contributed by atoms with Crippen LogP contribution in [-0.2, 0) is 5.41 Å². The van der Waals surface area contributed by atoms with Crippen LogP contribution < -0.4 is 4.90 Å². The van der Waals surface area contributed by atoms with Gasteiger partial charge in [-0.15, -0.1) is 0 Å². The largest absolute Gasteiger partial charge is 0.456 e. The van der Waals surface area contributed by atoms with E-state index in [1.807, 2.05) is 24.3 Å². The number of rotatable bonds is 5. The number of hydrogen-bond acceptors (Lipinski definition) is 3. The van der Waals surface area contributed by atoms with E-state index < -0.39 is 0 Å². The molecule has 0 radical (unpaired) electrons. The van der Waals surface area contributed by atoms with E-state index in [0.29, 0.717) is 0 Å². The Kier molecular flexibility index (Phi) is 6.60. The molecule has 0 saturated carbocycles. The van der Waals surface area contributed by atoms with E-state index in [1.54, 1.807) is 0 Å². The summed E-state index contributed by atoms with van der Waals surface area (Å²) in [5, 5.41) is 4.48. The molecule has 0 saturated heterocycles. The predicted molar refractivity (Wildman–Crippen MR) is 224 cm³/mol. The number of benzene rings is 8. The molecule has 256 valence electrons. The molecule has 0 amide bonds. The fourth-order valence-corrected chi connectivity index (χ4v) is 8.88. The van der Waals surface area contributed by atoms with Crippen LogP contribution in [0.25, 0.3) is 77.3 Å². The third-order valence-electron chi connectivity index (χ3n) is 11.5. The van der Waals surface area contributed by atoms with Crippen molar-refractivity contribution in [2.24, 2.45) is 0 Å². The number of hydrogen-bond donors (Lipinski definition) is 0. The lowest BCUT2D eigenvalue weighted by Gasteiger charge is -2.30. The molecule has 0 fully saturated rings. The predicted octanol–water partition coefficient (Wildman–Crippen LogP) is 14.6. The molecule has 10 aromatic rings. The van der Waals surface area contributed by atoms with Crippen LogP contribution in [0.5, 0.6) is 0 Å². The second-order valence-electron chi connectivity index (χ2n) is 14.9. The summed E-state index contributed by atoms with van der Waals surface area (Å²) in [6.45, 7) is 4.69. The quantitative estimate of drug-likeness (QED) is 0.180. The topological polar surface area (TPSA) is 29.5 Å². The van der Waals surface area contributed by atoms with Crippen molar-refractivity contribution < 1.29 is 8.83 Å². The first-order valence-electron chi connectivity index (χ1n) is 18.6. The van der Waals surface area contributed by atoms with Crippen molar-refractivity contribution in [3.8, 4) is 33.4 Å². The molecule has 1 aliphatic rings. The van der Waals surface area contributed by atoms with E-state index in [2.05, 4.69) is 170 Å². The molecule has 11 rings (SSSR count). The Morgan fingerprint density at radius 1 is 0.389 bits per heavy atom. The van der Waals surface area contributed by atoms with Gasteiger partial charge in [0.2, 0.25) is 0 Å². The lowest BCUT2D eigenvalue weighted by molar-refractivity contribution is 0.660. The second kappa shape index (κ2) is 11.6. The van der Waals surface area contributed by atoms with E-state index in [0.717, 1.165) is 83.2 Å². The molecule has 3 heteroatoms. The van der Waals surface area contributed by atoms with E-state index in [9.17, 15) is 0 Å². The van der Waals surface area contributed by atoms with Crippen molar-refractivity contribution in [2.75, 3.05) is 4.90 Å². The highest BCUT2D eigenvalue weighted by molar-refractivity contribution is 6.08. The Labute approximate surface area is 313 Å². The van der Waals surface area contributed by atoms with Crippen LogP contribution >= 0.6 is 0 Å². The average Bonchev–Trinajstić information content (AvgIpc) is 3.85. The van der Waals surface area contributed by atoms with Crippen molar-refractivity contribution in [2.45, 2.75) is 19.3 Å². The van der Waals surface area contributed by atoms with Gasteiger partial charge in [0.1, 0.15) is 22.3 Å². The van der Waals surface area contributed by atoms with Gasteiger partial charge in [-0.1, -0.05) is 129 Å². The van der Waals surface area contributed by atoms with Crippen LogP contribution in [0, 0.1) is 0 Å². The molecule has 0 bridgehead atoms. The van der Waals surface area contributed by atoms with Crippen LogP contribution in [-0.4, -0.2) is 0 Å². The summed E-state index contributed by atoms with van der Waals surface area (Å²) in [5.74, 6) is 0. The molecule has 0 atom stereocenters. The van der Waals surface area contributed by atoms with Crippen molar-refractivity contribution in [3.63, 3.8) is 0 Å². The molecular formula is C51H35NO2. The summed E-state index contributed by atoms with van der Waals surface area (Å²) in [7, 11) is 0. The molecule has 0 unspecified atom stereocenters. The van der Waals surface area contributed by atoms with Gasteiger partial charge in [0, 0.05) is 50.0 Å². The van der Waals surface area contributed by atoms with E-state index in [-0.39, 0.29) is 5.41 Å². The number of fused-ring (bicyclic) bond motifs is 9. The van der Waals surface area contributed by atoms with E-state index in [1.165, 1.54) is 22.3 Å². The van der Waals surface area contributed by atoms with Gasteiger partial charge in [-0.05, 0) is 93.5 Å². The number of anilines is 3. The van der Waals surface area contributed by atoms with Crippen molar-refractivity contribution in [1.82, 2.24) is 0 Å². The van der Waals surface area contributed by atoms with Gasteiger partial charge in [-0.2, -0.15) is 0 Å². The van der Waals surface area contributed by atoms with Crippen molar-refractivity contribution >= 4 is 60.9 Å². The molecule has 54 heavy (non-hydrogen) atoms. The molecule has 0 aliphatic heterocycles. The van der Waals surface area contributed by atoms with E-state index in [4.69, 9.17) is 8.83 Å². The normalized spacial score (nSPS) is 13.1. The maximum absolute atomic E-state index is 6.50. The summed E-state index contributed by atoms with van der Waals surface area (Å²) in [6, 6.07) is 63.1. The molecule has 2 aromatic heterocycles. The van der Waals surface area contributed by atoms with Gasteiger partial charge in [0.25, 0.3) is 0 Å². The molecule has 0 spiro atoms. The van der Waals surface area contributed by atoms with Crippen LogP contribution in [0.3, 0.4) is 0 Å². The SMILES string of the molecule is CC1(C)c2ccccc2-c2ccc(N(c3ccc4c(c3)oc3ccccc34)c3cccc(-c4ccc5c(c4)oc4ccccc45)c3-c3ccccc3)cc21. The smallest absolute Gasteiger partial charge is 0.137 e. The zero-order valence-electron chi connectivity index (χ0n) is 30.0. The fraction of sp³-hybridized carbons (Fsp3) is 0.0588. The highest BCUT2D eigenvalue weighted by Gasteiger charge is 2.36. The minimum absolute atomic E-state index is 0.150. The van der Waals surface area contributed by atoms with Crippen molar-refractivity contribution in [1.29, 1.82) is 0 Å². The molecule has 3 nitrogen and oxygen atoms in total. The lowest BCUT2D eigenvalue weighted by atomic mass is 9.82. The van der Waals surface area contributed by atoms with Gasteiger partial charge in [0.15, 0.2) is 0 Å². The molecular weight excluding hydrogens is 659 g/mol. The molecule has 0 N–H and O–H groups in total. The first-order chi connectivity index (χ1) is 26.5. The number of furan rings is 2. The highest BCUT2D eigenvalue weighted by Crippen LogP contribution is 2.52. The third kappa shape index (κ3) is 4.55. The van der Waals surface area contributed by atoms with Crippen molar-refractivity contribution in [3.05, 3.63) is 187 Å². The first kappa shape index (κ1) is 30.8. The summed E-state index contributed by atoms with van der Waals surface area (Å²) in [4.78, 5) is 2.41. The van der Waals surface area contributed by atoms with Crippen LogP contribution in [0.15, 0.2) is 185 Å². The minimum Gasteiger partial charge on any atom is -0.456 e. The Bertz CT molecular complexity index is 3090. The second-order valence-corrected chi connectivity index (χ2v) is 14.9. The average molecular weight is 694 g/mol. The summed E-state index contributed by atoms with van der Waals surface area (Å²) >= 11 is 0. The zero-order valence-corrected chi connectivity index (χ0v) is 30.0. The van der Waals surface area contributed by atoms with Gasteiger partial charge >= 0.3 is 0 Å². The Morgan fingerprint density at radius 2 is 0.963 bits per heavy atom. The molecule has 8 aromatic carbocycles. The summed E-state index contributed by atoms with van der Waals surface area (Å²) < 4.78 is 12.9. The van der Waals surface area contributed by atoms with E-state index >= 15 is 0 Å². The molecule has 2 heterocycles. The first-order valence-corrected chi connectivity index (χ1v) is 18.6. The van der Waals surface area contributed by atoms with Crippen LogP contribution in [0.1, 0.15) is 25.0 Å². The Hall–Kier alpha value is -6.84. The summed E-state index contributed by atoms with van der Waals surface area (Å²) in [6.07, 6.45) is 0. The van der Waals surface area contributed by atoms with Crippen LogP contribution in [0.2, 0.25) is 0 Å². The zero-order chi connectivity index (χ0) is 36.0. The molecule has 1 aliphatic carbocycles. The van der Waals surface area contributed by atoms with Crippen LogP contribution in [0.4, 0.5) is 17.1 Å². The van der Waals surface area contributed by atoms with Gasteiger partial charge in [0.05, 0.1) is 5.69 Å². The van der Waals surface area contributed by atoms with Gasteiger partial charge in [-0.3, -0.25) is 0 Å². The number of nitrogens with zero attached hydrogens (tertiary/aromatic N) is 1. The van der Waals surface area contributed by atoms with Gasteiger partial charge in [-0.25, -0.2) is 0 Å². The maximum Gasteiger partial charge on any atom is 0.137 e. The summed E-state index contributed by atoms with van der Waals surface area (Å²) in [5.41, 5.74) is 16.4.